The number of ether oxygens (including phenoxy) is 2. The lowest BCUT2D eigenvalue weighted by atomic mass is 10.1. The molecule has 0 saturated carbocycles. The smallest absolute Gasteiger partial charge is 0.413 e. The minimum Gasteiger partial charge on any atom is -0.444 e. The van der Waals surface area contributed by atoms with Crippen LogP contribution in [0, 0.1) is 0 Å². The first-order chi connectivity index (χ1) is 19.3. The lowest BCUT2D eigenvalue weighted by Crippen LogP contribution is -2.50. The van der Waals surface area contributed by atoms with E-state index in [-0.39, 0.29) is 13.0 Å². The minimum absolute atomic E-state index is 0.174. The Morgan fingerprint density at radius 2 is 1.62 bits per heavy atom. The van der Waals surface area contributed by atoms with Gasteiger partial charge in [0.1, 0.15) is 17.7 Å². The van der Waals surface area contributed by atoms with E-state index in [0.29, 0.717) is 16.6 Å². The predicted octanol–water partition coefficient (Wildman–Crippen LogP) is 6.03. The highest BCUT2D eigenvalue weighted by Crippen LogP contribution is 2.19. The van der Waals surface area contributed by atoms with Gasteiger partial charge in [-0.1, -0.05) is 72.3 Å². The third-order valence-electron chi connectivity index (χ3n) is 6.25. The number of pyridine rings is 1. The number of urea groups is 1. The highest BCUT2D eigenvalue weighted by atomic mass is 35.5. The molecule has 3 aromatic carbocycles. The number of carbonyl (C=O) groups is 3. The van der Waals surface area contributed by atoms with Gasteiger partial charge in [-0.25, -0.2) is 14.6 Å². The van der Waals surface area contributed by atoms with Crippen molar-refractivity contribution in [2.24, 2.45) is 0 Å². The molecular weight excluding hydrogens is 532 g/mol. The number of para-hydroxylation sites is 1. The van der Waals surface area contributed by atoms with E-state index in [1.165, 1.54) is 11.9 Å². The fraction of sp³-hybridized carbons (Fsp3) is 0.200. The maximum absolute atomic E-state index is 13.1. The molecule has 0 spiro atoms. The maximum atomic E-state index is 13.1. The highest BCUT2D eigenvalue weighted by Gasteiger charge is 2.31. The van der Waals surface area contributed by atoms with Gasteiger partial charge >= 0.3 is 18.1 Å². The second-order valence-corrected chi connectivity index (χ2v) is 9.48. The molecule has 2 N–H and O–H groups in total. The quantitative estimate of drug-likeness (QED) is 0.191. The first-order valence-corrected chi connectivity index (χ1v) is 13.0. The maximum Gasteiger partial charge on any atom is 0.413 e. The average Bonchev–Trinajstić information content (AvgIpc) is 2.95. The van der Waals surface area contributed by atoms with E-state index < -0.39 is 30.2 Å². The molecule has 0 fully saturated rings. The number of carbonyl (C=O) groups excluding carboxylic acids is 3. The molecule has 0 radical (unpaired) electrons. The molecule has 10 heteroatoms. The number of hydrogen-bond acceptors (Lipinski definition) is 6. The molecular formula is C30H29ClN4O5. The number of aromatic nitrogens is 1. The van der Waals surface area contributed by atoms with Gasteiger partial charge in [-0.3, -0.25) is 10.1 Å². The summed E-state index contributed by atoms with van der Waals surface area (Å²) in [4.78, 5) is 44.2. The molecule has 9 nitrogen and oxygen atoms in total. The summed E-state index contributed by atoms with van der Waals surface area (Å²) in [6, 6.07) is 23.7. The first-order valence-electron chi connectivity index (χ1n) is 12.6. The van der Waals surface area contributed by atoms with Crippen molar-refractivity contribution >= 4 is 46.3 Å². The number of nitrogens with zero attached hydrogens (tertiary/aromatic N) is 2. The molecule has 206 valence electrons. The lowest BCUT2D eigenvalue weighted by molar-refractivity contribution is -0.136. The molecule has 40 heavy (non-hydrogen) atoms. The van der Waals surface area contributed by atoms with Crippen molar-refractivity contribution in [3.63, 3.8) is 0 Å². The summed E-state index contributed by atoms with van der Waals surface area (Å²) in [6.07, 6.45) is -0.247. The van der Waals surface area contributed by atoms with Crippen LogP contribution in [-0.4, -0.2) is 47.2 Å². The van der Waals surface area contributed by atoms with Crippen LogP contribution < -0.4 is 15.4 Å². The molecule has 1 unspecified atom stereocenters. The van der Waals surface area contributed by atoms with Crippen LogP contribution in [0.5, 0.6) is 5.75 Å². The predicted molar refractivity (Wildman–Crippen MR) is 153 cm³/mol. The molecule has 4 rings (SSSR count). The van der Waals surface area contributed by atoms with Crippen molar-refractivity contribution in [3.05, 3.63) is 102 Å². The topological polar surface area (TPSA) is 110 Å². The van der Waals surface area contributed by atoms with Gasteiger partial charge in [-0.2, -0.15) is 0 Å². The summed E-state index contributed by atoms with van der Waals surface area (Å²) in [5, 5.41) is 7.75. The van der Waals surface area contributed by atoms with Crippen LogP contribution >= 0.6 is 11.6 Å². The second kappa shape index (κ2) is 13.4. The summed E-state index contributed by atoms with van der Waals surface area (Å²) >= 11 is 6.21. The normalized spacial score (nSPS) is 12.2. The number of anilines is 1. The summed E-state index contributed by atoms with van der Waals surface area (Å²) in [7, 11) is 1.52. The zero-order valence-corrected chi connectivity index (χ0v) is 22.8. The van der Waals surface area contributed by atoms with Crippen molar-refractivity contribution in [1.82, 2.24) is 15.2 Å². The first kappa shape index (κ1) is 28.4. The van der Waals surface area contributed by atoms with Gasteiger partial charge in [0.25, 0.3) is 0 Å². The molecule has 1 heterocycles. The van der Waals surface area contributed by atoms with E-state index in [9.17, 15) is 14.4 Å². The van der Waals surface area contributed by atoms with Gasteiger partial charge < -0.3 is 19.7 Å². The zero-order valence-electron chi connectivity index (χ0n) is 22.0. The lowest BCUT2D eigenvalue weighted by Gasteiger charge is -2.32. The van der Waals surface area contributed by atoms with E-state index >= 15 is 0 Å². The van der Waals surface area contributed by atoms with E-state index in [1.807, 2.05) is 30.3 Å². The van der Waals surface area contributed by atoms with Gasteiger partial charge in [0.2, 0.25) is 0 Å². The van der Waals surface area contributed by atoms with Gasteiger partial charge in [0, 0.05) is 30.2 Å². The number of nitrogens with one attached hydrogen (secondary N) is 2. The van der Waals surface area contributed by atoms with E-state index in [4.69, 9.17) is 21.1 Å². The second-order valence-electron chi connectivity index (χ2n) is 9.07. The zero-order chi connectivity index (χ0) is 28.5. The van der Waals surface area contributed by atoms with Crippen molar-refractivity contribution in [2.75, 3.05) is 12.4 Å². The molecule has 0 aliphatic carbocycles. The van der Waals surface area contributed by atoms with Crippen molar-refractivity contribution in [3.8, 4) is 5.75 Å². The Morgan fingerprint density at radius 3 is 2.38 bits per heavy atom. The summed E-state index contributed by atoms with van der Waals surface area (Å²) in [6.45, 7) is 1.78. The Kier molecular flexibility index (Phi) is 9.53. The van der Waals surface area contributed by atoms with Crippen LogP contribution in [0.3, 0.4) is 0 Å². The minimum atomic E-state index is -0.889. The third-order valence-corrected chi connectivity index (χ3v) is 6.62. The van der Waals surface area contributed by atoms with Gasteiger partial charge in [0.05, 0.1) is 12.5 Å². The van der Waals surface area contributed by atoms with Gasteiger partial charge in [-0.05, 0) is 42.1 Å². The number of esters is 1. The number of fused-ring (bicyclic) bond motifs is 1. The van der Waals surface area contributed by atoms with E-state index in [2.05, 4.69) is 15.6 Å². The van der Waals surface area contributed by atoms with Gasteiger partial charge in [0.15, 0.2) is 0 Å². The van der Waals surface area contributed by atoms with Crippen molar-refractivity contribution in [2.45, 2.75) is 32.0 Å². The highest BCUT2D eigenvalue weighted by molar-refractivity contribution is 6.31. The number of benzene rings is 3. The van der Waals surface area contributed by atoms with Crippen LogP contribution in [0.1, 0.15) is 18.9 Å². The Labute approximate surface area is 237 Å². The molecule has 3 amide bonds. The summed E-state index contributed by atoms with van der Waals surface area (Å²) in [5.41, 5.74) is 0.734. The van der Waals surface area contributed by atoms with Crippen LogP contribution in [0.15, 0.2) is 91.1 Å². The third kappa shape index (κ3) is 7.70. The standard InChI is InChI=1S/C30H29ClN4O5/c1-20(39-30(38)34-27-16-21-10-6-7-11-22(21)18-32-27)26(17-28(36)40-24-13-4-3-5-14-24)35(2)29(37)33-19-23-12-8-9-15-25(23)31/h3-16,18,20,26H,17,19H2,1-2H3,(H,33,37)(H,32,34,38)/t20?,26-/m0/s1. The SMILES string of the molecule is CC(OC(=O)Nc1cc2ccccc2cn1)[C@H](CC(=O)Oc1ccccc1)N(C)C(=O)NCc1ccccc1Cl. The van der Waals surface area contributed by atoms with Crippen molar-refractivity contribution < 1.29 is 23.9 Å². The fourth-order valence-electron chi connectivity index (χ4n) is 4.07. The summed E-state index contributed by atoms with van der Waals surface area (Å²) in [5.74, 6) is 0.0848. The average molecular weight is 561 g/mol. The van der Waals surface area contributed by atoms with Crippen LogP contribution in [0.4, 0.5) is 15.4 Å². The number of likely N-dealkylation sites (N-methyl/N-ethyl adjacent to an activating group) is 1. The molecule has 1 aromatic heterocycles. The van der Waals surface area contributed by atoms with E-state index in [1.54, 1.807) is 67.7 Å². The number of amides is 3. The fourth-order valence-corrected chi connectivity index (χ4v) is 4.27. The Morgan fingerprint density at radius 1 is 0.950 bits per heavy atom. The monoisotopic (exact) mass is 560 g/mol. The number of hydrogen-bond donors (Lipinski definition) is 2. The van der Waals surface area contributed by atoms with E-state index in [0.717, 1.165) is 16.3 Å². The van der Waals surface area contributed by atoms with Crippen LogP contribution in [-0.2, 0) is 16.1 Å². The number of halogens is 1. The molecule has 0 aliphatic heterocycles. The Balaban J connectivity index is 1.44. The van der Waals surface area contributed by atoms with Crippen LogP contribution in [0.2, 0.25) is 5.02 Å². The molecule has 0 aliphatic rings. The molecule has 2 atom stereocenters. The Bertz CT molecular complexity index is 1480. The molecule has 0 saturated heterocycles. The summed E-state index contributed by atoms with van der Waals surface area (Å²) < 4.78 is 11.0. The Hall–Kier alpha value is -4.63. The van der Waals surface area contributed by atoms with Crippen molar-refractivity contribution in [1.29, 1.82) is 0 Å². The van der Waals surface area contributed by atoms with Gasteiger partial charge in [-0.15, -0.1) is 0 Å². The number of rotatable bonds is 9. The molecule has 4 aromatic rings. The molecule has 0 bridgehead atoms. The van der Waals surface area contributed by atoms with Crippen LogP contribution in [0.25, 0.3) is 10.8 Å². The largest absolute Gasteiger partial charge is 0.444 e.